The Kier molecular flexibility index (Phi) is 3.81. The van der Waals surface area contributed by atoms with Crippen molar-refractivity contribution in [2.24, 2.45) is 0 Å². The van der Waals surface area contributed by atoms with Gasteiger partial charge in [-0.05, 0) is 25.3 Å². The van der Waals surface area contributed by atoms with Crippen LogP contribution < -0.4 is 5.32 Å². The van der Waals surface area contributed by atoms with Gasteiger partial charge >= 0.3 is 0 Å². The maximum absolute atomic E-state index is 4.52. The van der Waals surface area contributed by atoms with Gasteiger partial charge in [0.25, 0.3) is 0 Å². The van der Waals surface area contributed by atoms with Crippen LogP contribution in [-0.2, 0) is 13.0 Å². The molecule has 0 radical (unpaired) electrons. The van der Waals surface area contributed by atoms with Crippen LogP contribution in [0.25, 0.3) is 11.0 Å². The summed E-state index contributed by atoms with van der Waals surface area (Å²) in [7, 11) is 1.87. The molecule has 5 nitrogen and oxygen atoms in total. The summed E-state index contributed by atoms with van der Waals surface area (Å²) in [6.45, 7) is 2.76. The van der Waals surface area contributed by atoms with Gasteiger partial charge in [-0.2, -0.15) is 5.10 Å². The summed E-state index contributed by atoms with van der Waals surface area (Å²) < 4.78 is 1.97. The molecule has 0 aliphatic heterocycles. The topological polar surface area (TPSA) is 55.6 Å². The molecule has 0 bridgehead atoms. The van der Waals surface area contributed by atoms with Crippen LogP contribution in [0.2, 0.25) is 0 Å². The Morgan fingerprint density at radius 3 is 2.71 bits per heavy atom. The summed E-state index contributed by atoms with van der Waals surface area (Å²) in [5.41, 5.74) is 2.26. The van der Waals surface area contributed by atoms with Crippen LogP contribution in [0.3, 0.4) is 0 Å². The van der Waals surface area contributed by atoms with E-state index in [0.717, 1.165) is 42.1 Å². The summed E-state index contributed by atoms with van der Waals surface area (Å²) >= 11 is 0. The van der Waals surface area contributed by atoms with Crippen LogP contribution in [0.1, 0.15) is 17.8 Å². The first-order valence-electron chi connectivity index (χ1n) is 7.20. The normalized spacial score (nSPS) is 11.0. The highest BCUT2D eigenvalue weighted by Gasteiger charge is 2.10. The highest BCUT2D eigenvalue weighted by atomic mass is 15.3. The first-order chi connectivity index (χ1) is 10.3. The zero-order valence-corrected chi connectivity index (χ0v) is 12.4. The Balaban J connectivity index is 1.77. The average molecular weight is 281 g/mol. The maximum Gasteiger partial charge on any atom is 0.163 e. The van der Waals surface area contributed by atoms with Crippen molar-refractivity contribution in [1.82, 2.24) is 19.7 Å². The van der Waals surface area contributed by atoms with Gasteiger partial charge in [-0.25, -0.2) is 14.6 Å². The van der Waals surface area contributed by atoms with Crippen LogP contribution in [-0.4, -0.2) is 26.8 Å². The first kappa shape index (κ1) is 13.5. The van der Waals surface area contributed by atoms with Gasteiger partial charge in [0, 0.05) is 13.6 Å². The van der Waals surface area contributed by atoms with Crippen LogP contribution in [0.4, 0.5) is 5.82 Å². The zero-order chi connectivity index (χ0) is 14.7. The molecule has 3 aromatic rings. The average Bonchev–Trinajstić information content (AvgIpc) is 2.90. The largest absolute Gasteiger partial charge is 0.372 e. The standard InChI is InChI=1S/C16H19N5/c1-12-19-15(17-2)14-11-18-21(16(14)20-12)10-6-9-13-7-4-3-5-8-13/h3-5,7-8,11H,6,9-10H2,1-2H3,(H,17,19,20). The summed E-state index contributed by atoms with van der Waals surface area (Å²) in [4.78, 5) is 8.90. The van der Waals surface area contributed by atoms with Crippen molar-refractivity contribution in [3.8, 4) is 0 Å². The van der Waals surface area contributed by atoms with Crippen molar-refractivity contribution >= 4 is 16.9 Å². The van der Waals surface area contributed by atoms with E-state index >= 15 is 0 Å². The molecule has 0 spiro atoms. The number of hydrogen-bond acceptors (Lipinski definition) is 4. The van der Waals surface area contributed by atoms with Gasteiger partial charge < -0.3 is 5.32 Å². The number of anilines is 1. The third-order valence-electron chi connectivity index (χ3n) is 3.52. The number of aryl methyl sites for hydroxylation is 3. The highest BCUT2D eigenvalue weighted by molar-refractivity contribution is 5.86. The highest BCUT2D eigenvalue weighted by Crippen LogP contribution is 2.19. The number of aromatic nitrogens is 4. The molecular formula is C16H19N5. The van der Waals surface area contributed by atoms with E-state index in [4.69, 9.17) is 0 Å². The second kappa shape index (κ2) is 5.91. The molecule has 1 aromatic carbocycles. The van der Waals surface area contributed by atoms with E-state index in [1.54, 1.807) is 0 Å². The van der Waals surface area contributed by atoms with Crippen LogP contribution in [0.15, 0.2) is 36.5 Å². The lowest BCUT2D eigenvalue weighted by atomic mass is 10.1. The molecule has 0 unspecified atom stereocenters. The Hall–Kier alpha value is -2.43. The molecule has 0 fully saturated rings. The number of nitrogens with one attached hydrogen (secondary N) is 1. The lowest BCUT2D eigenvalue weighted by molar-refractivity contribution is 0.591. The van der Waals surface area contributed by atoms with Crippen molar-refractivity contribution in [2.45, 2.75) is 26.3 Å². The number of rotatable bonds is 5. The Labute approximate surface area is 124 Å². The van der Waals surface area contributed by atoms with E-state index in [1.165, 1.54) is 5.56 Å². The quantitative estimate of drug-likeness (QED) is 0.781. The summed E-state index contributed by atoms with van der Waals surface area (Å²) in [6, 6.07) is 10.5. The third kappa shape index (κ3) is 2.86. The molecule has 3 rings (SSSR count). The monoisotopic (exact) mass is 281 g/mol. The van der Waals surface area contributed by atoms with Crippen LogP contribution in [0.5, 0.6) is 0 Å². The van der Waals surface area contributed by atoms with Gasteiger partial charge in [-0.3, -0.25) is 0 Å². The minimum Gasteiger partial charge on any atom is -0.372 e. The minimum absolute atomic E-state index is 0.761. The van der Waals surface area contributed by atoms with Crippen LogP contribution in [0, 0.1) is 6.92 Å². The third-order valence-corrected chi connectivity index (χ3v) is 3.52. The van der Waals surface area contributed by atoms with E-state index in [2.05, 4.69) is 44.6 Å². The number of hydrogen-bond donors (Lipinski definition) is 1. The van der Waals surface area contributed by atoms with Crippen molar-refractivity contribution in [2.75, 3.05) is 12.4 Å². The lowest BCUT2D eigenvalue weighted by Crippen LogP contribution is -2.04. The molecule has 0 amide bonds. The van der Waals surface area contributed by atoms with Gasteiger partial charge in [0.05, 0.1) is 11.6 Å². The molecule has 0 saturated carbocycles. The van der Waals surface area contributed by atoms with E-state index in [0.29, 0.717) is 0 Å². The Bertz CT molecular complexity index is 733. The molecule has 21 heavy (non-hydrogen) atoms. The smallest absolute Gasteiger partial charge is 0.163 e. The number of nitrogens with zero attached hydrogens (tertiary/aromatic N) is 4. The molecule has 0 atom stereocenters. The molecule has 1 N–H and O–H groups in total. The van der Waals surface area contributed by atoms with E-state index in [1.807, 2.05) is 30.9 Å². The molecule has 108 valence electrons. The molecule has 5 heteroatoms. The van der Waals surface area contributed by atoms with Crippen LogP contribution >= 0.6 is 0 Å². The molecular weight excluding hydrogens is 262 g/mol. The van der Waals surface area contributed by atoms with E-state index < -0.39 is 0 Å². The number of benzene rings is 1. The van der Waals surface area contributed by atoms with Gasteiger partial charge in [0.1, 0.15) is 11.6 Å². The molecule has 0 saturated heterocycles. The fraction of sp³-hybridized carbons (Fsp3) is 0.312. The molecule has 0 aliphatic rings. The Morgan fingerprint density at radius 2 is 1.95 bits per heavy atom. The fourth-order valence-corrected chi connectivity index (χ4v) is 2.50. The zero-order valence-electron chi connectivity index (χ0n) is 12.4. The van der Waals surface area contributed by atoms with Crippen molar-refractivity contribution in [3.63, 3.8) is 0 Å². The molecule has 2 heterocycles. The van der Waals surface area contributed by atoms with Crippen molar-refractivity contribution in [1.29, 1.82) is 0 Å². The maximum atomic E-state index is 4.52. The summed E-state index contributed by atoms with van der Waals surface area (Å²) in [5.74, 6) is 1.60. The van der Waals surface area contributed by atoms with Gasteiger partial charge in [-0.15, -0.1) is 0 Å². The molecule has 2 aromatic heterocycles. The lowest BCUT2D eigenvalue weighted by Gasteiger charge is -2.06. The first-order valence-corrected chi connectivity index (χ1v) is 7.20. The van der Waals surface area contributed by atoms with Crippen molar-refractivity contribution < 1.29 is 0 Å². The van der Waals surface area contributed by atoms with E-state index in [9.17, 15) is 0 Å². The Morgan fingerprint density at radius 1 is 1.14 bits per heavy atom. The predicted octanol–water partition coefficient (Wildman–Crippen LogP) is 2.81. The summed E-state index contributed by atoms with van der Waals surface area (Å²) in [6.07, 6.45) is 3.92. The molecule has 0 aliphatic carbocycles. The van der Waals surface area contributed by atoms with Crippen molar-refractivity contribution in [3.05, 3.63) is 47.9 Å². The fourth-order valence-electron chi connectivity index (χ4n) is 2.50. The van der Waals surface area contributed by atoms with Gasteiger partial charge in [-0.1, -0.05) is 30.3 Å². The minimum atomic E-state index is 0.761. The van der Waals surface area contributed by atoms with Gasteiger partial charge in [0.15, 0.2) is 5.65 Å². The van der Waals surface area contributed by atoms with E-state index in [-0.39, 0.29) is 0 Å². The second-order valence-electron chi connectivity index (χ2n) is 5.06. The second-order valence-corrected chi connectivity index (χ2v) is 5.06. The SMILES string of the molecule is CNc1nc(C)nc2c1cnn2CCCc1ccccc1. The van der Waals surface area contributed by atoms with Gasteiger partial charge in [0.2, 0.25) is 0 Å². The summed E-state index contributed by atoms with van der Waals surface area (Å²) in [5, 5.41) is 8.53. The predicted molar refractivity (Wildman–Crippen MR) is 84.4 cm³/mol. The number of fused-ring (bicyclic) bond motifs is 1.